The minimum atomic E-state index is -0.561. The molecule has 0 amide bonds. The van der Waals surface area contributed by atoms with Crippen LogP contribution in [0.25, 0.3) is 0 Å². The third kappa shape index (κ3) is 1.33. The second-order valence-electron chi connectivity index (χ2n) is 10.7. The van der Waals surface area contributed by atoms with Gasteiger partial charge in [0.1, 0.15) is 5.78 Å². The van der Waals surface area contributed by atoms with Crippen LogP contribution in [-0.2, 0) is 4.79 Å². The van der Waals surface area contributed by atoms with E-state index in [1.165, 1.54) is 0 Å². The fraction of sp³-hybridized carbons (Fsp3) is 0.864. The molecule has 1 heterocycles. The van der Waals surface area contributed by atoms with Crippen molar-refractivity contribution >= 4 is 5.78 Å². The number of aliphatic hydroxyl groups is 2. The first-order valence-corrected chi connectivity index (χ1v) is 10.6. The van der Waals surface area contributed by atoms with Gasteiger partial charge in [-0.3, -0.25) is 9.69 Å². The fourth-order valence-electron chi connectivity index (χ4n) is 9.75. The number of carbonyl (C=O) groups is 1. The molecule has 0 aromatic carbocycles. The molecule has 6 rings (SSSR count). The van der Waals surface area contributed by atoms with Crippen molar-refractivity contribution in [2.24, 2.45) is 39.9 Å². The number of hydrogen-bond donors (Lipinski definition) is 2. The third-order valence-corrected chi connectivity index (χ3v) is 10.4. The maximum atomic E-state index is 13.0. The van der Waals surface area contributed by atoms with Crippen LogP contribution in [0.1, 0.15) is 46.0 Å². The zero-order valence-electron chi connectivity index (χ0n) is 15.9. The highest BCUT2D eigenvalue weighted by atomic mass is 16.3. The van der Waals surface area contributed by atoms with Crippen molar-refractivity contribution in [2.75, 3.05) is 13.1 Å². The van der Waals surface area contributed by atoms with E-state index in [-0.39, 0.29) is 40.0 Å². The number of fused-ring (bicyclic) bond motifs is 1. The van der Waals surface area contributed by atoms with Gasteiger partial charge in [-0.25, -0.2) is 0 Å². The number of ketones is 1. The Bertz CT molecular complexity index is 735. The second kappa shape index (κ2) is 4.47. The van der Waals surface area contributed by atoms with Crippen LogP contribution in [0.5, 0.6) is 0 Å². The molecule has 0 aromatic rings. The fourth-order valence-corrected chi connectivity index (χ4v) is 9.75. The first kappa shape index (κ1) is 16.3. The van der Waals surface area contributed by atoms with Gasteiger partial charge in [-0.1, -0.05) is 20.4 Å². The molecule has 142 valence electrons. The van der Waals surface area contributed by atoms with Crippen molar-refractivity contribution in [3.05, 3.63) is 12.2 Å². The van der Waals surface area contributed by atoms with Crippen LogP contribution in [0, 0.1) is 39.9 Å². The molecule has 4 heteroatoms. The number of nitrogens with zero attached hydrogens (tertiary/aromatic N) is 1. The summed E-state index contributed by atoms with van der Waals surface area (Å²) in [6, 6.07) is 0.331. The van der Waals surface area contributed by atoms with E-state index in [1.807, 2.05) is 0 Å². The normalized spacial score (nSPS) is 62.7. The van der Waals surface area contributed by atoms with Gasteiger partial charge >= 0.3 is 0 Å². The molecule has 0 radical (unpaired) electrons. The van der Waals surface area contributed by atoms with Crippen LogP contribution < -0.4 is 0 Å². The third-order valence-electron chi connectivity index (χ3n) is 10.4. The summed E-state index contributed by atoms with van der Waals surface area (Å²) in [6.45, 7) is 10.9. The average Bonchev–Trinajstić information content (AvgIpc) is 3.14. The Balaban J connectivity index is 1.62. The summed E-state index contributed by atoms with van der Waals surface area (Å²) in [5.74, 6) is 1.16. The molecule has 1 saturated heterocycles. The van der Waals surface area contributed by atoms with Crippen molar-refractivity contribution < 1.29 is 15.0 Å². The summed E-state index contributed by atoms with van der Waals surface area (Å²) in [6.07, 6.45) is 3.50. The van der Waals surface area contributed by atoms with E-state index < -0.39 is 6.10 Å². The van der Waals surface area contributed by atoms with Gasteiger partial charge in [0, 0.05) is 35.8 Å². The van der Waals surface area contributed by atoms with Gasteiger partial charge < -0.3 is 10.2 Å². The molecule has 26 heavy (non-hydrogen) atoms. The minimum Gasteiger partial charge on any atom is -0.392 e. The number of carbonyl (C=O) groups excluding carboxylic acids is 1. The maximum absolute atomic E-state index is 13.0. The predicted octanol–water partition coefficient (Wildman–Crippen LogP) is 2.00. The monoisotopic (exact) mass is 357 g/mol. The van der Waals surface area contributed by atoms with Crippen LogP contribution in [0.3, 0.4) is 0 Å². The molecule has 0 unspecified atom stereocenters. The Morgan fingerprint density at radius 2 is 2.08 bits per heavy atom. The van der Waals surface area contributed by atoms with Gasteiger partial charge in [0.15, 0.2) is 0 Å². The minimum absolute atomic E-state index is 0.130. The lowest BCUT2D eigenvalue weighted by atomic mass is 9.43. The van der Waals surface area contributed by atoms with Crippen LogP contribution in [-0.4, -0.2) is 52.2 Å². The van der Waals surface area contributed by atoms with E-state index in [9.17, 15) is 15.0 Å². The molecule has 10 atom stereocenters. The van der Waals surface area contributed by atoms with Crippen molar-refractivity contribution in [1.82, 2.24) is 4.90 Å². The van der Waals surface area contributed by atoms with Crippen molar-refractivity contribution in [1.29, 1.82) is 0 Å². The van der Waals surface area contributed by atoms with Crippen LogP contribution >= 0.6 is 0 Å². The molecular weight excluding hydrogens is 326 g/mol. The lowest BCUT2D eigenvalue weighted by Gasteiger charge is -2.65. The molecule has 2 N–H and O–H groups in total. The van der Waals surface area contributed by atoms with E-state index in [1.54, 1.807) is 0 Å². The van der Waals surface area contributed by atoms with Gasteiger partial charge in [-0.2, -0.15) is 0 Å². The van der Waals surface area contributed by atoms with Gasteiger partial charge in [-0.05, 0) is 61.0 Å². The Morgan fingerprint density at radius 1 is 1.31 bits per heavy atom. The first-order valence-electron chi connectivity index (χ1n) is 10.6. The number of Topliss-reactive ketones (excluding diaryl/α,β-unsaturated/α-hetero) is 1. The molecule has 1 aliphatic heterocycles. The molecule has 2 spiro atoms. The summed E-state index contributed by atoms with van der Waals surface area (Å²) in [4.78, 5) is 15.6. The Morgan fingerprint density at radius 3 is 2.81 bits per heavy atom. The van der Waals surface area contributed by atoms with E-state index in [0.29, 0.717) is 24.3 Å². The van der Waals surface area contributed by atoms with Gasteiger partial charge in [0.05, 0.1) is 12.2 Å². The Kier molecular flexibility index (Phi) is 2.80. The van der Waals surface area contributed by atoms with Crippen LogP contribution in [0.4, 0.5) is 0 Å². The Labute approximate surface area is 155 Å². The largest absolute Gasteiger partial charge is 0.392 e. The summed E-state index contributed by atoms with van der Waals surface area (Å²) >= 11 is 0. The standard InChI is InChI=1S/C22H31NO3/c1-4-23-10-20(3)6-5-17(25)22-15(20)7-13(18(22)23)21-9-12(11(2)19(21)26)14(24)8-16(21)22/h12-13,15-19,25-26H,2,4-10H2,1,3H3/t12-,13+,15-,16+,17+,18+,19-,20+,21-,22+/m1/s1. The van der Waals surface area contributed by atoms with E-state index >= 15 is 0 Å². The topological polar surface area (TPSA) is 60.8 Å². The number of piperidine rings is 1. The Hall–Kier alpha value is -0.710. The highest BCUT2D eigenvalue weighted by Gasteiger charge is 2.85. The summed E-state index contributed by atoms with van der Waals surface area (Å²) in [5.41, 5.74) is 0.598. The molecule has 0 aromatic heterocycles. The zero-order valence-corrected chi connectivity index (χ0v) is 15.9. The molecule has 7 bridgehead atoms. The predicted molar refractivity (Wildman–Crippen MR) is 97.2 cm³/mol. The second-order valence-corrected chi connectivity index (χ2v) is 10.7. The summed E-state index contributed by atoms with van der Waals surface area (Å²) < 4.78 is 0. The molecule has 6 fully saturated rings. The van der Waals surface area contributed by atoms with Gasteiger partial charge in [0.25, 0.3) is 0 Å². The van der Waals surface area contributed by atoms with Crippen molar-refractivity contribution in [3.63, 3.8) is 0 Å². The first-order chi connectivity index (χ1) is 12.3. The van der Waals surface area contributed by atoms with Gasteiger partial charge in [-0.15, -0.1) is 0 Å². The van der Waals surface area contributed by atoms with Crippen LogP contribution in [0.2, 0.25) is 0 Å². The van der Waals surface area contributed by atoms with Gasteiger partial charge in [0.2, 0.25) is 0 Å². The van der Waals surface area contributed by atoms with E-state index in [2.05, 4.69) is 25.3 Å². The quantitative estimate of drug-likeness (QED) is 0.705. The highest BCUT2D eigenvalue weighted by Crippen LogP contribution is 2.83. The number of rotatable bonds is 1. The summed E-state index contributed by atoms with van der Waals surface area (Å²) in [7, 11) is 0. The zero-order chi connectivity index (χ0) is 18.2. The smallest absolute Gasteiger partial charge is 0.140 e. The highest BCUT2D eigenvalue weighted by molar-refractivity contribution is 5.87. The number of aliphatic hydroxyl groups excluding tert-OH is 2. The molecular formula is C22H31NO3. The lowest BCUT2D eigenvalue weighted by Crippen LogP contribution is -2.68. The van der Waals surface area contributed by atoms with Crippen LogP contribution in [0.15, 0.2) is 12.2 Å². The molecule has 5 aliphatic carbocycles. The maximum Gasteiger partial charge on any atom is 0.140 e. The average molecular weight is 357 g/mol. The SMILES string of the molecule is C=C1[C@H]2C[C@@]3([C@@H]1O)[C@H]1C[C@@H]4[C@@]5(C)CC[C@H](O)[C@@]4([C@H]1N(CC)C5)[C@H]3CC2=O. The van der Waals surface area contributed by atoms with Crippen molar-refractivity contribution in [3.8, 4) is 0 Å². The van der Waals surface area contributed by atoms with E-state index in [4.69, 9.17) is 0 Å². The molecule has 4 nitrogen and oxygen atoms in total. The number of likely N-dealkylation sites (tertiary alicyclic amines) is 1. The molecule has 5 saturated carbocycles. The molecule has 6 aliphatic rings. The van der Waals surface area contributed by atoms with Crippen molar-refractivity contribution in [2.45, 2.75) is 64.2 Å². The number of hydrogen-bond acceptors (Lipinski definition) is 4. The lowest BCUT2D eigenvalue weighted by molar-refractivity contribution is -0.211. The summed E-state index contributed by atoms with van der Waals surface area (Å²) in [5, 5.41) is 22.8. The van der Waals surface area contributed by atoms with E-state index in [0.717, 1.165) is 44.3 Å².